The number of aromatic nitrogens is 1. The highest BCUT2D eigenvalue weighted by atomic mass is 32.1. The van der Waals surface area contributed by atoms with E-state index in [0.29, 0.717) is 6.10 Å². The van der Waals surface area contributed by atoms with Gasteiger partial charge in [0.25, 0.3) is 0 Å². The summed E-state index contributed by atoms with van der Waals surface area (Å²) in [5, 5.41) is 4.90. The normalized spacial score (nSPS) is 21.3. The van der Waals surface area contributed by atoms with Gasteiger partial charge in [-0.1, -0.05) is 11.3 Å². The van der Waals surface area contributed by atoms with Gasteiger partial charge in [-0.2, -0.15) is 0 Å². The number of anilines is 2. The molecule has 14 heavy (non-hydrogen) atoms. The molecule has 0 aromatic carbocycles. The molecule has 1 aliphatic heterocycles. The average molecular weight is 213 g/mol. The van der Waals surface area contributed by atoms with E-state index in [-0.39, 0.29) is 0 Å². The number of rotatable bonds is 4. The number of ether oxygens (including phenoxy) is 1. The minimum atomic E-state index is 0.444. The Morgan fingerprint density at radius 3 is 3.29 bits per heavy atom. The first-order valence-corrected chi connectivity index (χ1v) is 5.73. The van der Waals surface area contributed by atoms with Crippen LogP contribution in [-0.2, 0) is 4.74 Å². The van der Waals surface area contributed by atoms with Crippen molar-refractivity contribution >= 4 is 21.5 Å². The summed E-state index contributed by atoms with van der Waals surface area (Å²) in [5.74, 6) is 0. The molecule has 1 fully saturated rings. The van der Waals surface area contributed by atoms with Crippen LogP contribution < -0.4 is 11.1 Å². The monoisotopic (exact) mass is 213 g/mol. The van der Waals surface area contributed by atoms with Crippen LogP contribution in [-0.4, -0.2) is 24.2 Å². The number of nitrogen functional groups attached to an aromatic ring is 1. The smallest absolute Gasteiger partial charge is 0.184 e. The van der Waals surface area contributed by atoms with Gasteiger partial charge in [-0.15, -0.1) is 0 Å². The van der Waals surface area contributed by atoms with Gasteiger partial charge >= 0.3 is 0 Å². The summed E-state index contributed by atoms with van der Waals surface area (Å²) in [5.41, 5.74) is 5.56. The summed E-state index contributed by atoms with van der Waals surface area (Å²) in [6.07, 6.45) is 5.58. The standard InChI is InChI=1S/C9H15N3OS/c10-8-6-12-9(14-8)11-4-3-7-2-1-5-13-7/h6-7H,1-5,10H2,(H,11,12). The largest absolute Gasteiger partial charge is 0.389 e. The van der Waals surface area contributed by atoms with E-state index in [2.05, 4.69) is 10.3 Å². The van der Waals surface area contributed by atoms with E-state index >= 15 is 0 Å². The predicted molar refractivity (Wildman–Crippen MR) is 58.6 cm³/mol. The Morgan fingerprint density at radius 2 is 2.64 bits per heavy atom. The zero-order valence-electron chi connectivity index (χ0n) is 8.03. The third-order valence-electron chi connectivity index (χ3n) is 2.29. The number of nitrogens with two attached hydrogens (primary N) is 1. The molecular weight excluding hydrogens is 198 g/mol. The van der Waals surface area contributed by atoms with Crippen molar-refractivity contribution in [2.75, 3.05) is 24.2 Å². The fourth-order valence-corrected chi connectivity index (χ4v) is 2.19. The number of hydrogen-bond acceptors (Lipinski definition) is 5. The molecule has 0 bridgehead atoms. The number of nitrogens with zero attached hydrogens (tertiary/aromatic N) is 1. The van der Waals surface area contributed by atoms with E-state index in [9.17, 15) is 0 Å². The maximum Gasteiger partial charge on any atom is 0.184 e. The van der Waals surface area contributed by atoms with E-state index < -0.39 is 0 Å². The van der Waals surface area contributed by atoms with Gasteiger partial charge < -0.3 is 15.8 Å². The van der Waals surface area contributed by atoms with Gasteiger partial charge in [-0.05, 0) is 19.3 Å². The topological polar surface area (TPSA) is 60.2 Å². The Labute approximate surface area is 87.5 Å². The maximum absolute atomic E-state index is 5.56. The zero-order chi connectivity index (χ0) is 9.80. The Hall–Kier alpha value is -0.810. The molecule has 1 aliphatic rings. The van der Waals surface area contributed by atoms with Crippen LogP contribution in [0.3, 0.4) is 0 Å². The van der Waals surface area contributed by atoms with Crippen LogP contribution in [0.4, 0.5) is 10.1 Å². The molecule has 0 amide bonds. The van der Waals surface area contributed by atoms with Gasteiger partial charge in [-0.25, -0.2) is 4.98 Å². The van der Waals surface area contributed by atoms with Crippen molar-refractivity contribution in [2.24, 2.45) is 0 Å². The molecule has 1 aromatic heterocycles. The van der Waals surface area contributed by atoms with E-state index in [0.717, 1.165) is 29.7 Å². The summed E-state index contributed by atoms with van der Waals surface area (Å²) in [6, 6.07) is 0. The Kier molecular flexibility index (Phi) is 3.21. The summed E-state index contributed by atoms with van der Waals surface area (Å²) in [6.45, 7) is 1.84. The lowest BCUT2D eigenvalue weighted by Crippen LogP contribution is -2.12. The molecular formula is C9H15N3OS. The first kappa shape index (κ1) is 9.73. The van der Waals surface area contributed by atoms with Gasteiger partial charge in [0.15, 0.2) is 5.13 Å². The molecule has 2 rings (SSSR count). The van der Waals surface area contributed by atoms with Crippen LogP contribution in [0.25, 0.3) is 0 Å². The van der Waals surface area contributed by atoms with Crippen LogP contribution in [0.1, 0.15) is 19.3 Å². The summed E-state index contributed by atoms with van der Waals surface area (Å²) in [7, 11) is 0. The molecule has 1 unspecified atom stereocenters. The summed E-state index contributed by atoms with van der Waals surface area (Å²) in [4.78, 5) is 4.12. The van der Waals surface area contributed by atoms with Gasteiger partial charge in [0.2, 0.25) is 0 Å². The summed E-state index contributed by atoms with van der Waals surface area (Å²) >= 11 is 1.48. The lowest BCUT2D eigenvalue weighted by atomic mass is 10.2. The van der Waals surface area contributed by atoms with Crippen LogP contribution >= 0.6 is 11.3 Å². The van der Waals surface area contributed by atoms with Crippen molar-refractivity contribution < 1.29 is 4.74 Å². The van der Waals surface area contributed by atoms with Crippen LogP contribution in [0, 0.1) is 0 Å². The van der Waals surface area contributed by atoms with Gasteiger partial charge in [0.1, 0.15) is 5.00 Å². The molecule has 3 N–H and O–H groups in total. The van der Waals surface area contributed by atoms with E-state index in [4.69, 9.17) is 10.5 Å². The molecule has 0 aliphatic carbocycles. The first-order valence-electron chi connectivity index (χ1n) is 4.91. The Morgan fingerprint density at radius 1 is 1.71 bits per heavy atom. The molecule has 5 heteroatoms. The van der Waals surface area contributed by atoms with Gasteiger partial charge in [-0.3, -0.25) is 0 Å². The van der Waals surface area contributed by atoms with Crippen LogP contribution in [0.15, 0.2) is 6.20 Å². The molecule has 2 heterocycles. The minimum Gasteiger partial charge on any atom is -0.389 e. The second-order valence-electron chi connectivity index (χ2n) is 3.42. The van der Waals surface area contributed by atoms with Crippen LogP contribution in [0.2, 0.25) is 0 Å². The highest BCUT2D eigenvalue weighted by Gasteiger charge is 2.14. The number of nitrogens with one attached hydrogen (secondary N) is 1. The zero-order valence-corrected chi connectivity index (χ0v) is 8.85. The van der Waals surface area contributed by atoms with Crippen molar-refractivity contribution in [1.29, 1.82) is 0 Å². The first-order chi connectivity index (χ1) is 6.84. The average Bonchev–Trinajstić information content (AvgIpc) is 2.77. The van der Waals surface area contributed by atoms with E-state index in [1.54, 1.807) is 6.20 Å². The molecule has 1 saturated heterocycles. The predicted octanol–water partition coefficient (Wildman–Crippen LogP) is 1.71. The molecule has 0 radical (unpaired) electrons. The fourth-order valence-electron chi connectivity index (χ4n) is 1.58. The summed E-state index contributed by atoms with van der Waals surface area (Å²) < 4.78 is 5.51. The Balaban J connectivity index is 1.67. The fraction of sp³-hybridized carbons (Fsp3) is 0.667. The molecule has 1 atom stereocenters. The lowest BCUT2D eigenvalue weighted by Gasteiger charge is -2.08. The van der Waals surface area contributed by atoms with Crippen molar-refractivity contribution in [1.82, 2.24) is 4.98 Å². The van der Waals surface area contributed by atoms with Crippen LogP contribution in [0.5, 0.6) is 0 Å². The van der Waals surface area contributed by atoms with Gasteiger partial charge in [0.05, 0.1) is 12.3 Å². The van der Waals surface area contributed by atoms with Gasteiger partial charge in [0, 0.05) is 13.2 Å². The van der Waals surface area contributed by atoms with E-state index in [1.807, 2.05) is 0 Å². The quantitative estimate of drug-likeness (QED) is 0.799. The van der Waals surface area contributed by atoms with Crippen molar-refractivity contribution in [3.8, 4) is 0 Å². The second kappa shape index (κ2) is 4.61. The SMILES string of the molecule is Nc1cnc(NCCC2CCCO2)s1. The maximum atomic E-state index is 5.56. The third kappa shape index (κ3) is 2.59. The minimum absolute atomic E-state index is 0.444. The third-order valence-corrected chi connectivity index (χ3v) is 3.07. The second-order valence-corrected chi connectivity index (χ2v) is 4.48. The Bertz CT molecular complexity index is 283. The van der Waals surface area contributed by atoms with Crippen molar-refractivity contribution in [3.05, 3.63) is 6.20 Å². The molecule has 78 valence electrons. The molecule has 1 aromatic rings. The number of hydrogen-bond donors (Lipinski definition) is 2. The van der Waals surface area contributed by atoms with E-state index in [1.165, 1.54) is 24.2 Å². The van der Waals surface area contributed by atoms with Crippen molar-refractivity contribution in [3.63, 3.8) is 0 Å². The molecule has 4 nitrogen and oxygen atoms in total. The highest BCUT2D eigenvalue weighted by molar-refractivity contribution is 7.19. The lowest BCUT2D eigenvalue weighted by molar-refractivity contribution is 0.107. The van der Waals surface area contributed by atoms with Crippen molar-refractivity contribution in [2.45, 2.75) is 25.4 Å². The number of thiazole rings is 1. The molecule has 0 spiro atoms. The molecule has 0 saturated carbocycles. The highest BCUT2D eigenvalue weighted by Crippen LogP contribution is 2.20.